The van der Waals surface area contributed by atoms with Gasteiger partial charge in [-0.05, 0) is 107 Å². The minimum atomic E-state index is 0.0779. The molecule has 0 saturated carbocycles. The van der Waals surface area contributed by atoms with Gasteiger partial charge in [0.25, 0.3) is 0 Å². The van der Waals surface area contributed by atoms with Crippen molar-refractivity contribution in [2.75, 3.05) is 41.2 Å². The van der Waals surface area contributed by atoms with Crippen LogP contribution in [0.25, 0.3) is 0 Å². The average molecular weight is 656 g/mol. The highest BCUT2D eigenvalue weighted by Gasteiger charge is 2.36. The Morgan fingerprint density at radius 3 is 1.41 bits per heavy atom. The third-order valence-electron chi connectivity index (χ3n) is 9.62. The standard InChI is InChI=1S/C42H49N5O2/c1-42(2,3)32-12-14-33(15-13-32)47-40(30-10-20-38(36(43)24-30)45-26-28-6-16-34(48-4)17-7-28)22-23-41(47)31-11-21-39(37(44)25-31)46-27-29-8-18-35(49-5)19-9-29/h6-21,24-25,40-41,45-46H,22-23,26-27,43-44H2,1-5H3. The summed E-state index contributed by atoms with van der Waals surface area (Å²) in [5, 5.41) is 7.03. The van der Waals surface area contributed by atoms with Crippen LogP contribution in [0.4, 0.5) is 28.4 Å². The Bertz CT molecular complexity index is 1740. The zero-order chi connectivity index (χ0) is 34.5. The Balaban J connectivity index is 1.24. The van der Waals surface area contributed by atoms with E-state index in [0.29, 0.717) is 13.1 Å². The van der Waals surface area contributed by atoms with E-state index >= 15 is 0 Å². The van der Waals surface area contributed by atoms with E-state index in [1.807, 2.05) is 24.3 Å². The molecule has 0 amide bonds. The molecule has 0 spiro atoms. The Kier molecular flexibility index (Phi) is 9.90. The van der Waals surface area contributed by atoms with Gasteiger partial charge in [0, 0.05) is 18.8 Å². The van der Waals surface area contributed by atoms with Gasteiger partial charge in [-0.15, -0.1) is 0 Å². The SMILES string of the molecule is COc1ccc(CNc2ccc(C3CCC(c4ccc(NCc5ccc(OC)cc5)c(N)c4)N3c3ccc(C(C)(C)C)cc3)cc2N)cc1. The first-order chi connectivity index (χ1) is 23.6. The van der Waals surface area contributed by atoms with Crippen LogP contribution in [0.1, 0.15) is 73.5 Å². The second kappa shape index (κ2) is 14.4. The van der Waals surface area contributed by atoms with Gasteiger partial charge >= 0.3 is 0 Å². The van der Waals surface area contributed by atoms with Crippen LogP contribution in [0, 0.1) is 0 Å². The molecule has 0 aromatic heterocycles. The maximum atomic E-state index is 6.69. The van der Waals surface area contributed by atoms with Gasteiger partial charge in [0.2, 0.25) is 0 Å². The first-order valence-electron chi connectivity index (χ1n) is 17.0. The highest BCUT2D eigenvalue weighted by molar-refractivity contribution is 5.70. The Hall–Kier alpha value is -5.30. The van der Waals surface area contributed by atoms with Crippen molar-refractivity contribution < 1.29 is 9.47 Å². The van der Waals surface area contributed by atoms with Crippen molar-refractivity contribution >= 4 is 28.4 Å². The van der Waals surface area contributed by atoms with E-state index in [2.05, 4.69) is 121 Å². The molecule has 1 aliphatic heterocycles. The third-order valence-corrected chi connectivity index (χ3v) is 9.62. The molecule has 5 aromatic carbocycles. The molecule has 6 N–H and O–H groups in total. The summed E-state index contributed by atoms with van der Waals surface area (Å²) in [6, 6.07) is 38.5. The number of rotatable bonds is 11. The van der Waals surface area contributed by atoms with E-state index in [9.17, 15) is 0 Å². The van der Waals surface area contributed by atoms with Crippen LogP contribution in [-0.4, -0.2) is 14.2 Å². The summed E-state index contributed by atoms with van der Waals surface area (Å²) in [4.78, 5) is 2.56. The summed E-state index contributed by atoms with van der Waals surface area (Å²) in [6.07, 6.45) is 2.00. The lowest BCUT2D eigenvalue weighted by Crippen LogP contribution is -2.26. The van der Waals surface area contributed by atoms with Crippen molar-refractivity contribution in [1.82, 2.24) is 0 Å². The van der Waals surface area contributed by atoms with Gasteiger partial charge in [0.05, 0.1) is 49.1 Å². The fourth-order valence-corrected chi connectivity index (χ4v) is 6.74. The normalized spacial score (nSPS) is 16.0. The molecule has 49 heavy (non-hydrogen) atoms. The summed E-state index contributed by atoms with van der Waals surface area (Å²) in [6.45, 7) is 8.12. The molecule has 254 valence electrons. The maximum absolute atomic E-state index is 6.69. The van der Waals surface area contributed by atoms with Crippen molar-refractivity contribution in [2.24, 2.45) is 0 Å². The van der Waals surface area contributed by atoms with E-state index in [4.69, 9.17) is 20.9 Å². The second-order valence-electron chi connectivity index (χ2n) is 13.9. The smallest absolute Gasteiger partial charge is 0.118 e. The monoisotopic (exact) mass is 655 g/mol. The van der Waals surface area contributed by atoms with Gasteiger partial charge in [-0.25, -0.2) is 0 Å². The number of nitrogens with zero attached hydrogens (tertiary/aromatic N) is 1. The molecule has 0 aliphatic carbocycles. The molecule has 0 radical (unpaired) electrons. The number of hydrogen-bond donors (Lipinski definition) is 4. The molecule has 1 saturated heterocycles. The van der Waals surface area contributed by atoms with Crippen LogP contribution in [0.2, 0.25) is 0 Å². The van der Waals surface area contributed by atoms with Crippen molar-refractivity contribution in [3.63, 3.8) is 0 Å². The van der Waals surface area contributed by atoms with Crippen molar-refractivity contribution in [2.45, 2.75) is 64.2 Å². The second-order valence-corrected chi connectivity index (χ2v) is 13.9. The van der Waals surface area contributed by atoms with Gasteiger partial charge in [-0.2, -0.15) is 0 Å². The fraction of sp³-hybridized carbons (Fsp3) is 0.286. The van der Waals surface area contributed by atoms with Gasteiger partial charge in [0.15, 0.2) is 0 Å². The number of benzene rings is 5. The predicted octanol–water partition coefficient (Wildman–Crippen LogP) is 9.47. The van der Waals surface area contributed by atoms with E-state index in [1.54, 1.807) is 14.2 Å². The minimum Gasteiger partial charge on any atom is -0.497 e. The largest absolute Gasteiger partial charge is 0.497 e. The van der Waals surface area contributed by atoms with E-state index in [0.717, 1.165) is 58.2 Å². The minimum absolute atomic E-state index is 0.0779. The van der Waals surface area contributed by atoms with Gasteiger partial charge in [-0.1, -0.05) is 69.3 Å². The molecule has 1 heterocycles. The fourth-order valence-electron chi connectivity index (χ4n) is 6.74. The molecule has 0 bridgehead atoms. The number of methoxy groups -OCH3 is 2. The van der Waals surface area contributed by atoms with Crippen molar-refractivity contribution in [3.8, 4) is 11.5 Å². The molecular formula is C42H49N5O2. The van der Waals surface area contributed by atoms with Crippen LogP contribution < -0.4 is 36.5 Å². The van der Waals surface area contributed by atoms with E-state index in [-0.39, 0.29) is 17.5 Å². The van der Waals surface area contributed by atoms with Crippen molar-refractivity contribution in [1.29, 1.82) is 0 Å². The molecular weight excluding hydrogens is 606 g/mol. The van der Waals surface area contributed by atoms with Crippen LogP contribution in [0.3, 0.4) is 0 Å². The number of nitrogens with one attached hydrogen (secondary N) is 2. The highest BCUT2D eigenvalue weighted by Crippen LogP contribution is 2.48. The Labute approximate surface area is 291 Å². The summed E-state index contributed by atoms with van der Waals surface area (Å²) in [5.41, 5.74) is 24.1. The molecule has 2 atom stereocenters. The van der Waals surface area contributed by atoms with Crippen molar-refractivity contribution in [3.05, 3.63) is 137 Å². The number of anilines is 5. The van der Waals surface area contributed by atoms with E-state index in [1.165, 1.54) is 22.4 Å². The topological polar surface area (TPSA) is 97.8 Å². The van der Waals surface area contributed by atoms with Crippen LogP contribution in [-0.2, 0) is 18.5 Å². The molecule has 2 unspecified atom stereocenters. The average Bonchev–Trinajstić information content (AvgIpc) is 3.56. The number of nitrogen functional groups attached to an aromatic ring is 2. The lowest BCUT2D eigenvalue weighted by atomic mass is 9.87. The van der Waals surface area contributed by atoms with Crippen LogP contribution >= 0.6 is 0 Å². The number of ether oxygens (including phenoxy) is 2. The van der Waals surface area contributed by atoms with Gasteiger partial charge in [0.1, 0.15) is 11.5 Å². The number of hydrogen-bond acceptors (Lipinski definition) is 7. The zero-order valence-corrected chi connectivity index (χ0v) is 29.3. The summed E-state index contributed by atoms with van der Waals surface area (Å²) >= 11 is 0. The number of nitrogens with two attached hydrogens (primary N) is 2. The summed E-state index contributed by atoms with van der Waals surface area (Å²) < 4.78 is 10.6. The quantitative estimate of drug-likeness (QED) is 0.105. The first kappa shape index (κ1) is 33.6. The van der Waals surface area contributed by atoms with E-state index < -0.39 is 0 Å². The van der Waals surface area contributed by atoms with Gasteiger partial charge < -0.3 is 36.5 Å². The molecule has 5 aromatic rings. The molecule has 1 aliphatic rings. The Morgan fingerprint density at radius 1 is 0.612 bits per heavy atom. The Morgan fingerprint density at radius 2 is 1.04 bits per heavy atom. The zero-order valence-electron chi connectivity index (χ0n) is 29.3. The van der Waals surface area contributed by atoms with Crippen LogP contribution in [0.5, 0.6) is 11.5 Å². The maximum Gasteiger partial charge on any atom is 0.118 e. The molecule has 7 heteroatoms. The lowest BCUT2D eigenvalue weighted by molar-refractivity contribution is 0.414. The summed E-state index contributed by atoms with van der Waals surface area (Å²) in [7, 11) is 3.36. The van der Waals surface area contributed by atoms with Gasteiger partial charge in [-0.3, -0.25) is 0 Å². The lowest BCUT2D eigenvalue weighted by Gasteiger charge is -2.34. The summed E-state index contributed by atoms with van der Waals surface area (Å²) in [5.74, 6) is 1.69. The predicted molar refractivity (Wildman–Crippen MR) is 205 cm³/mol. The van der Waals surface area contributed by atoms with Crippen LogP contribution in [0.15, 0.2) is 109 Å². The third kappa shape index (κ3) is 7.72. The molecule has 1 fully saturated rings. The first-order valence-corrected chi connectivity index (χ1v) is 17.0. The molecule has 6 rings (SSSR count). The highest BCUT2D eigenvalue weighted by atomic mass is 16.5. The molecule has 7 nitrogen and oxygen atoms in total.